The highest BCUT2D eigenvalue weighted by Crippen LogP contribution is 2.18. The topological polar surface area (TPSA) is 73.2 Å². The minimum absolute atomic E-state index is 0.0204. The molecule has 1 heterocycles. The van der Waals surface area contributed by atoms with Crippen LogP contribution < -0.4 is 15.6 Å². The SMILES string of the molecule is Cc1ccc(OCC(=O)NCCCn2ncccc2=O)c(C)c1. The summed E-state index contributed by atoms with van der Waals surface area (Å²) in [5.74, 6) is 0.532. The van der Waals surface area contributed by atoms with Crippen molar-refractivity contribution in [2.24, 2.45) is 0 Å². The van der Waals surface area contributed by atoms with Crippen LogP contribution in [-0.2, 0) is 11.3 Å². The molecule has 23 heavy (non-hydrogen) atoms. The van der Waals surface area contributed by atoms with Crippen molar-refractivity contribution in [3.05, 3.63) is 58.0 Å². The fourth-order valence-corrected chi connectivity index (χ4v) is 2.17. The lowest BCUT2D eigenvalue weighted by atomic mass is 10.1. The Labute approximate surface area is 135 Å². The Morgan fingerprint density at radius 2 is 2.13 bits per heavy atom. The lowest BCUT2D eigenvalue weighted by Gasteiger charge is -2.10. The lowest BCUT2D eigenvalue weighted by Crippen LogP contribution is -2.31. The summed E-state index contributed by atoms with van der Waals surface area (Å²) in [7, 11) is 0. The quantitative estimate of drug-likeness (QED) is 0.785. The average molecular weight is 315 g/mol. The normalized spacial score (nSPS) is 10.3. The number of carbonyl (C=O) groups excluding carboxylic acids is 1. The number of hydrogen-bond donors (Lipinski definition) is 1. The van der Waals surface area contributed by atoms with E-state index in [4.69, 9.17) is 4.74 Å². The molecule has 1 aromatic carbocycles. The summed E-state index contributed by atoms with van der Waals surface area (Å²) in [6.07, 6.45) is 2.20. The molecule has 1 N–H and O–H groups in total. The average Bonchev–Trinajstić information content (AvgIpc) is 2.52. The molecule has 0 unspecified atom stereocenters. The molecular formula is C17H21N3O3. The van der Waals surface area contributed by atoms with Gasteiger partial charge >= 0.3 is 0 Å². The minimum Gasteiger partial charge on any atom is -0.484 e. The fourth-order valence-electron chi connectivity index (χ4n) is 2.17. The van der Waals surface area contributed by atoms with Gasteiger partial charge in [-0.1, -0.05) is 17.7 Å². The van der Waals surface area contributed by atoms with Gasteiger partial charge in [-0.05, 0) is 38.0 Å². The van der Waals surface area contributed by atoms with Gasteiger partial charge in [0.1, 0.15) is 5.75 Å². The van der Waals surface area contributed by atoms with E-state index in [9.17, 15) is 9.59 Å². The van der Waals surface area contributed by atoms with Crippen molar-refractivity contribution in [3.63, 3.8) is 0 Å². The van der Waals surface area contributed by atoms with Gasteiger partial charge in [0.2, 0.25) is 0 Å². The molecule has 0 aliphatic heterocycles. The van der Waals surface area contributed by atoms with Gasteiger partial charge in [0.15, 0.2) is 6.61 Å². The highest BCUT2D eigenvalue weighted by molar-refractivity contribution is 5.77. The van der Waals surface area contributed by atoms with Crippen molar-refractivity contribution >= 4 is 5.91 Å². The van der Waals surface area contributed by atoms with Gasteiger partial charge in [-0.15, -0.1) is 0 Å². The van der Waals surface area contributed by atoms with Gasteiger partial charge in [0.25, 0.3) is 11.5 Å². The molecule has 0 saturated heterocycles. The van der Waals surface area contributed by atoms with Gasteiger partial charge in [-0.3, -0.25) is 9.59 Å². The summed E-state index contributed by atoms with van der Waals surface area (Å²) in [6.45, 7) is 4.88. The van der Waals surface area contributed by atoms with Crippen LogP contribution in [0.4, 0.5) is 0 Å². The Kier molecular flexibility index (Phi) is 5.91. The summed E-state index contributed by atoms with van der Waals surface area (Å²) >= 11 is 0. The van der Waals surface area contributed by atoms with Crippen molar-refractivity contribution in [2.45, 2.75) is 26.8 Å². The largest absolute Gasteiger partial charge is 0.484 e. The molecule has 1 amide bonds. The molecule has 0 radical (unpaired) electrons. The van der Waals surface area contributed by atoms with Gasteiger partial charge in [-0.25, -0.2) is 4.68 Å². The molecule has 0 bridgehead atoms. The molecule has 122 valence electrons. The van der Waals surface area contributed by atoms with Crippen LogP contribution >= 0.6 is 0 Å². The van der Waals surface area contributed by atoms with Crippen molar-refractivity contribution in [1.82, 2.24) is 15.1 Å². The molecule has 0 saturated carbocycles. The number of ether oxygens (including phenoxy) is 1. The summed E-state index contributed by atoms with van der Waals surface area (Å²) in [6, 6.07) is 8.89. The molecule has 2 aromatic rings. The Morgan fingerprint density at radius 1 is 1.30 bits per heavy atom. The molecular weight excluding hydrogens is 294 g/mol. The first kappa shape index (κ1) is 16.7. The summed E-state index contributed by atoms with van der Waals surface area (Å²) in [5, 5.41) is 6.72. The van der Waals surface area contributed by atoms with E-state index in [1.807, 2.05) is 32.0 Å². The van der Waals surface area contributed by atoms with Crippen molar-refractivity contribution in [1.29, 1.82) is 0 Å². The maximum absolute atomic E-state index is 11.8. The van der Waals surface area contributed by atoms with E-state index in [2.05, 4.69) is 10.4 Å². The van der Waals surface area contributed by atoms with E-state index < -0.39 is 0 Å². The highest BCUT2D eigenvalue weighted by atomic mass is 16.5. The second kappa shape index (κ2) is 8.12. The molecule has 0 atom stereocenters. The molecule has 0 aliphatic rings. The summed E-state index contributed by atoms with van der Waals surface area (Å²) in [5.41, 5.74) is 2.02. The maximum atomic E-state index is 11.8. The van der Waals surface area contributed by atoms with Crippen LogP contribution in [0.2, 0.25) is 0 Å². The number of benzene rings is 1. The number of nitrogens with one attached hydrogen (secondary N) is 1. The molecule has 6 heteroatoms. The third kappa shape index (κ3) is 5.25. The summed E-state index contributed by atoms with van der Waals surface area (Å²) < 4.78 is 6.88. The van der Waals surface area contributed by atoms with Crippen molar-refractivity contribution < 1.29 is 9.53 Å². The van der Waals surface area contributed by atoms with E-state index in [0.29, 0.717) is 25.3 Å². The number of carbonyl (C=O) groups is 1. The van der Waals surface area contributed by atoms with E-state index in [0.717, 1.165) is 11.1 Å². The maximum Gasteiger partial charge on any atom is 0.266 e. The molecule has 2 rings (SSSR count). The highest BCUT2D eigenvalue weighted by Gasteiger charge is 2.05. The smallest absolute Gasteiger partial charge is 0.266 e. The molecule has 6 nitrogen and oxygen atoms in total. The number of hydrogen-bond acceptors (Lipinski definition) is 4. The summed E-state index contributed by atoms with van der Waals surface area (Å²) in [4.78, 5) is 23.2. The first-order valence-electron chi connectivity index (χ1n) is 7.55. The molecule has 1 aromatic heterocycles. The molecule has 0 fully saturated rings. The van der Waals surface area contributed by atoms with Crippen LogP contribution in [0.3, 0.4) is 0 Å². The zero-order valence-electron chi connectivity index (χ0n) is 13.4. The number of aromatic nitrogens is 2. The predicted molar refractivity (Wildman–Crippen MR) is 87.5 cm³/mol. The van der Waals surface area contributed by atoms with E-state index in [1.54, 1.807) is 12.3 Å². The van der Waals surface area contributed by atoms with Crippen LogP contribution in [0.15, 0.2) is 41.3 Å². The molecule has 0 spiro atoms. The Bertz CT molecular complexity index is 725. The standard InChI is InChI=1S/C17H21N3O3/c1-13-6-7-15(14(2)11-13)23-12-16(21)18-8-4-10-20-17(22)5-3-9-19-20/h3,5-7,9,11H,4,8,10,12H2,1-2H3,(H,18,21). The van der Waals surface area contributed by atoms with Crippen molar-refractivity contribution in [2.75, 3.05) is 13.2 Å². The fraction of sp³-hybridized carbons (Fsp3) is 0.353. The van der Waals surface area contributed by atoms with Gasteiger partial charge < -0.3 is 10.1 Å². The third-order valence-corrected chi connectivity index (χ3v) is 3.34. The second-order valence-corrected chi connectivity index (χ2v) is 5.35. The van der Waals surface area contributed by atoms with E-state index in [-0.39, 0.29) is 18.1 Å². The van der Waals surface area contributed by atoms with Gasteiger partial charge in [0.05, 0.1) is 0 Å². The lowest BCUT2D eigenvalue weighted by molar-refractivity contribution is -0.123. The van der Waals surface area contributed by atoms with E-state index >= 15 is 0 Å². The predicted octanol–water partition coefficient (Wildman–Crippen LogP) is 1.45. The van der Waals surface area contributed by atoms with E-state index in [1.165, 1.54) is 10.7 Å². The van der Waals surface area contributed by atoms with Crippen LogP contribution in [0.25, 0.3) is 0 Å². The first-order chi connectivity index (χ1) is 11.1. The first-order valence-corrected chi connectivity index (χ1v) is 7.55. The van der Waals surface area contributed by atoms with Crippen molar-refractivity contribution in [3.8, 4) is 5.75 Å². The number of aryl methyl sites for hydroxylation is 3. The number of nitrogens with zero attached hydrogens (tertiary/aromatic N) is 2. The Morgan fingerprint density at radius 3 is 2.87 bits per heavy atom. The van der Waals surface area contributed by atoms with Crippen LogP contribution in [0.1, 0.15) is 17.5 Å². The zero-order valence-corrected chi connectivity index (χ0v) is 13.4. The van der Waals surface area contributed by atoms with Crippen LogP contribution in [0, 0.1) is 13.8 Å². The Hall–Kier alpha value is -2.63. The van der Waals surface area contributed by atoms with Crippen LogP contribution in [0.5, 0.6) is 5.75 Å². The van der Waals surface area contributed by atoms with Crippen LogP contribution in [-0.4, -0.2) is 28.8 Å². The van der Waals surface area contributed by atoms with Gasteiger partial charge in [-0.2, -0.15) is 5.10 Å². The number of rotatable bonds is 7. The zero-order chi connectivity index (χ0) is 16.7. The minimum atomic E-state index is -0.182. The van der Waals surface area contributed by atoms with Gasteiger partial charge in [0, 0.05) is 25.4 Å². The number of amides is 1. The molecule has 0 aliphatic carbocycles. The monoisotopic (exact) mass is 315 g/mol. The third-order valence-electron chi connectivity index (χ3n) is 3.34. The Balaban J connectivity index is 1.69. The second-order valence-electron chi connectivity index (χ2n) is 5.35.